The lowest BCUT2D eigenvalue weighted by Crippen LogP contribution is -2.43. The monoisotopic (exact) mass is 277 g/mol. The maximum Gasteiger partial charge on any atom is 0.0285 e. The fraction of sp³-hybridized carbons (Fsp3) is 0.556. The summed E-state index contributed by atoms with van der Waals surface area (Å²) in [5.74, 6) is 3.41. The van der Waals surface area contributed by atoms with Crippen LogP contribution in [0.15, 0.2) is 15.9 Å². The van der Waals surface area contributed by atoms with E-state index in [9.17, 15) is 0 Å². The Hall–Kier alpha value is 0.490. The molecule has 1 aliphatic heterocycles. The smallest absolute Gasteiger partial charge is 0.0285 e. The van der Waals surface area contributed by atoms with Crippen molar-refractivity contribution in [1.29, 1.82) is 0 Å². The second-order valence-electron chi connectivity index (χ2n) is 3.27. The lowest BCUT2D eigenvalue weighted by Gasteiger charge is -2.26. The van der Waals surface area contributed by atoms with Crippen LogP contribution in [-0.4, -0.2) is 18.8 Å². The summed E-state index contributed by atoms with van der Waals surface area (Å²) in [6.07, 6.45) is 0. The first kappa shape index (κ1) is 10.0. The molecular formula is C9H12BrNS2. The molecule has 0 radical (unpaired) electrons. The average Bonchev–Trinajstić information content (AvgIpc) is 2.42. The van der Waals surface area contributed by atoms with Crippen molar-refractivity contribution in [3.8, 4) is 0 Å². The van der Waals surface area contributed by atoms with Gasteiger partial charge in [0.25, 0.3) is 0 Å². The van der Waals surface area contributed by atoms with Crippen LogP contribution < -0.4 is 5.32 Å². The van der Waals surface area contributed by atoms with E-state index in [1.54, 1.807) is 0 Å². The van der Waals surface area contributed by atoms with E-state index in [-0.39, 0.29) is 0 Å². The Morgan fingerprint density at radius 2 is 2.46 bits per heavy atom. The largest absolute Gasteiger partial charge is 0.316 e. The van der Waals surface area contributed by atoms with Crippen LogP contribution in [-0.2, 0) is 5.75 Å². The molecule has 0 bridgehead atoms. The van der Waals surface area contributed by atoms with Crippen molar-refractivity contribution in [1.82, 2.24) is 5.32 Å². The summed E-state index contributed by atoms with van der Waals surface area (Å²) in [6, 6.07) is 2.22. The fourth-order valence-corrected chi connectivity index (χ4v) is 3.95. The van der Waals surface area contributed by atoms with E-state index in [0.29, 0.717) is 0 Å². The van der Waals surface area contributed by atoms with Gasteiger partial charge in [-0.15, -0.1) is 11.3 Å². The highest BCUT2D eigenvalue weighted by atomic mass is 79.9. The highest BCUT2D eigenvalue weighted by Gasteiger charge is 2.15. The number of thiophene rings is 1. The third kappa shape index (κ3) is 2.98. The molecule has 1 aliphatic rings. The molecule has 72 valence electrons. The van der Waals surface area contributed by atoms with Crippen LogP contribution in [0.1, 0.15) is 4.88 Å². The molecule has 1 aromatic rings. The fourth-order valence-electron chi connectivity index (χ4n) is 1.22. The van der Waals surface area contributed by atoms with Gasteiger partial charge in [-0.05, 0) is 46.8 Å². The maximum absolute atomic E-state index is 3.47. The molecule has 0 amide bonds. The molecule has 13 heavy (non-hydrogen) atoms. The van der Waals surface area contributed by atoms with Crippen LogP contribution in [0.4, 0.5) is 0 Å². The SMILES string of the molecule is Brc1csc(CSCC2CNC2)c1. The Morgan fingerprint density at radius 3 is 3.00 bits per heavy atom. The van der Waals surface area contributed by atoms with Crippen LogP contribution in [0.2, 0.25) is 0 Å². The van der Waals surface area contributed by atoms with E-state index in [4.69, 9.17) is 0 Å². The number of hydrogen-bond acceptors (Lipinski definition) is 3. The van der Waals surface area contributed by atoms with Gasteiger partial charge in [0.15, 0.2) is 0 Å². The molecular weight excluding hydrogens is 266 g/mol. The number of hydrogen-bond donors (Lipinski definition) is 1. The molecule has 0 aliphatic carbocycles. The number of thioether (sulfide) groups is 1. The third-order valence-corrected chi connectivity index (χ3v) is 5.19. The molecule has 0 saturated carbocycles. The minimum absolute atomic E-state index is 0.924. The van der Waals surface area contributed by atoms with Crippen molar-refractivity contribution >= 4 is 39.0 Å². The van der Waals surface area contributed by atoms with E-state index in [2.05, 4.69) is 44.5 Å². The van der Waals surface area contributed by atoms with Crippen molar-refractivity contribution in [2.45, 2.75) is 5.75 Å². The average molecular weight is 278 g/mol. The normalized spacial score (nSPS) is 17.3. The van der Waals surface area contributed by atoms with Gasteiger partial charge in [-0.2, -0.15) is 11.8 Å². The number of nitrogens with one attached hydrogen (secondary N) is 1. The van der Waals surface area contributed by atoms with Gasteiger partial charge in [0.2, 0.25) is 0 Å². The number of halogens is 1. The lowest BCUT2D eigenvalue weighted by atomic mass is 10.1. The van der Waals surface area contributed by atoms with Gasteiger partial charge in [0.05, 0.1) is 0 Å². The second kappa shape index (κ2) is 4.82. The molecule has 1 nitrogen and oxygen atoms in total. The van der Waals surface area contributed by atoms with E-state index in [1.165, 1.54) is 33.9 Å². The molecule has 2 heterocycles. The Morgan fingerprint density at radius 1 is 1.62 bits per heavy atom. The Kier molecular flexibility index (Phi) is 3.72. The molecule has 0 aromatic carbocycles. The van der Waals surface area contributed by atoms with Crippen molar-refractivity contribution in [3.63, 3.8) is 0 Å². The Balaban J connectivity index is 1.67. The van der Waals surface area contributed by atoms with Gasteiger partial charge in [0, 0.05) is 20.5 Å². The van der Waals surface area contributed by atoms with Crippen LogP contribution in [0.5, 0.6) is 0 Å². The summed E-state index contributed by atoms with van der Waals surface area (Å²) >= 11 is 7.37. The van der Waals surface area contributed by atoms with Gasteiger partial charge in [-0.25, -0.2) is 0 Å². The molecule has 0 spiro atoms. The first-order valence-corrected chi connectivity index (χ1v) is 7.18. The molecule has 0 unspecified atom stereocenters. The van der Waals surface area contributed by atoms with E-state index in [0.717, 1.165) is 5.92 Å². The topological polar surface area (TPSA) is 12.0 Å². The molecule has 1 N–H and O–H groups in total. The summed E-state index contributed by atoms with van der Waals surface area (Å²) in [4.78, 5) is 1.48. The predicted molar refractivity (Wildman–Crippen MR) is 64.5 cm³/mol. The Labute approximate surface area is 95.4 Å². The highest BCUT2D eigenvalue weighted by molar-refractivity contribution is 9.10. The first-order chi connectivity index (χ1) is 6.34. The van der Waals surface area contributed by atoms with Crippen molar-refractivity contribution in [3.05, 3.63) is 20.8 Å². The molecule has 2 rings (SSSR count). The lowest BCUT2D eigenvalue weighted by molar-refractivity contribution is 0.385. The summed E-state index contributed by atoms with van der Waals surface area (Å²) in [6.45, 7) is 2.45. The van der Waals surface area contributed by atoms with Crippen molar-refractivity contribution in [2.24, 2.45) is 5.92 Å². The quantitative estimate of drug-likeness (QED) is 0.908. The van der Waals surface area contributed by atoms with Gasteiger partial charge < -0.3 is 5.32 Å². The minimum atomic E-state index is 0.924. The Bertz CT molecular complexity index is 270. The molecule has 0 atom stereocenters. The summed E-state index contributed by atoms with van der Waals surface area (Å²) in [5.41, 5.74) is 0. The van der Waals surface area contributed by atoms with Crippen molar-refractivity contribution in [2.75, 3.05) is 18.8 Å². The summed E-state index contributed by atoms with van der Waals surface area (Å²) < 4.78 is 1.22. The van der Waals surface area contributed by atoms with E-state index < -0.39 is 0 Å². The van der Waals surface area contributed by atoms with Crippen LogP contribution in [0, 0.1) is 5.92 Å². The maximum atomic E-state index is 3.47. The standard InChI is InChI=1S/C9H12BrNS2/c10-8-1-9(13-5-8)6-12-4-7-2-11-3-7/h1,5,7,11H,2-4,6H2. The van der Waals surface area contributed by atoms with Gasteiger partial charge in [0.1, 0.15) is 0 Å². The zero-order valence-electron chi connectivity index (χ0n) is 7.25. The zero-order valence-corrected chi connectivity index (χ0v) is 10.5. The highest BCUT2D eigenvalue weighted by Crippen LogP contribution is 2.25. The van der Waals surface area contributed by atoms with Crippen LogP contribution in [0.25, 0.3) is 0 Å². The summed E-state index contributed by atoms with van der Waals surface area (Å²) in [7, 11) is 0. The predicted octanol–water partition coefficient (Wildman–Crippen LogP) is 2.96. The molecule has 4 heteroatoms. The third-order valence-electron chi connectivity index (χ3n) is 2.09. The summed E-state index contributed by atoms with van der Waals surface area (Å²) in [5, 5.41) is 5.45. The molecule has 1 aromatic heterocycles. The zero-order chi connectivity index (χ0) is 9.10. The van der Waals surface area contributed by atoms with Crippen molar-refractivity contribution < 1.29 is 0 Å². The van der Waals surface area contributed by atoms with Crippen LogP contribution >= 0.6 is 39.0 Å². The van der Waals surface area contributed by atoms with E-state index >= 15 is 0 Å². The van der Waals surface area contributed by atoms with Crippen LogP contribution in [0.3, 0.4) is 0 Å². The number of rotatable bonds is 4. The van der Waals surface area contributed by atoms with Gasteiger partial charge in [-0.3, -0.25) is 0 Å². The minimum Gasteiger partial charge on any atom is -0.316 e. The molecule has 1 fully saturated rings. The van der Waals surface area contributed by atoms with E-state index in [1.807, 2.05) is 11.3 Å². The first-order valence-electron chi connectivity index (χ1n) is 4.36. The molecule has 1 saturated heterocycles. The van der Waals surface area contributed by atoms with Gasteiger partial charge >= 0.3 is 0 Å². The second-order valence-corrected chi connectivity index (χ2v) is 6.21. The van der Waals surface area contributed by atoms with Gasteiger partial charge in [-0.1, -0.05) is 0 Å².